The maximum atomic E-state index is 13.6. The summed E-state index contributed by atoms with van der Waals surface area (Å²) < 4.78 is 14.8. The van der Waals surface area contributed by atoms with Crippen LogP contribution in [0, 0.1) is 24.2 Å². The van der Waals surface area contributed by atoms with Gasteiger partial charge in [-0.05, 0) is 44.6 Å². The van der Waals surface area contributed by atoms with Gasteiger partial charge in [0.25, 0.3) is 0 Å². The quantitative estimate of drug-likeness (QED) is 0.218. The molecule has 3 atom stereocenters. The zero-order chi connectivity index (χ0) is 32.8. The van der Waals surface area contributed by atoms with Gasteiger partial charge in [-0.1, -0.05) is 71.4 Å². The fraction of sp³-hybridized carbons (Fsp3) is 0.677. The fourth-order valence-corrected chi connectivity index (χ4v) is 4.87. The first-order chi connectivity index (χ1) is 19.8. The van der Waals surface area contributed by atoms with Crippen LogP contribution < -0.4 is 16.4 Å². The van der Waals surface area contributed by atoms with E-state index in [1.54, 1.807) is 32.6 Å². The van der Waals surface area contributed by atoms with E-state index in [1.165, 1.54) is 0 Å². The van der Waals surface area contributed by atoms with Crippen molar-refractivity contribution >= 4 is 24.1 Å². The molecule has 0 aromatic heterocycles. The normalized spacial score (nSPS) is 19.8. The van der Waals surface area contributed by atoms with E-state index in [0.29, 0.717) is 19.5 Å². The third kappa shape index (κ3) is 9.56. The van der Waals surface area contributed by atoms with E-state index in [0.717, 1.165) is 11.1 Å². The van der Waals surface area contributed by atoms with E-state index in [9.17, 15) is 24.3 Å². The third-order valence-corrected chi connectivity index (χ3v) is 7.91. The van der Waals surface area contributed by atoms with Crippen LogP contribution in [0.4, 0.5) is 9.59 Å². The number of nitrogens with zero attached hydrogens (tertiary/aromatic N) is 1. The second-order valence-corrected chi connectivity index (χ2v) is 13.3. The number of hydrogen-bond acceptors (Lipinski definition) is 9. The fourth-order valence-electron chi connectivity index (χ4n) is 4.87. The SMILES string of the molecule is Cc1ccc([C@@]2(O)CCN(C(=O)[C@H](NC(=O)NCC(C)(C)OC(=O)OCOC(=O)C(N)C(C)C)C(C)C)CC2(C)C)cc1. The lowest BCUT2D eigenvalue weighted by molar-refractivity contribution is -0.157. The highest BCUT2D eigenvalue weighted by Gasteiger charge is 2.50. The summed E-state index contributed by atoms with van der Waals surface area (Å²) in [5.74, 6) is -1.30. The van der Waals surface area contributed by atoms with Crippen molar-refractivity contribution in [3.63, 3.8) is 0 Å². The number of amides is 3. The minimum atomic E-state index is -1.18. The molecular weight excluding hydrogens is 556 g/mol. The number of aliphatic hydroxyl groups is 1. The number of piperidine rings is 1. The van der Waals surface area contributed by atoms with Crippen LogP contribution in [0.5, 0.6) is 0 Å². The van der Waals surface area contributed by atoms with E-state index in [4.69, 9.17) is 19.9 Å². The Hall–Kier alpha value is -3.38. The smallest absolute Gasteiger partial charge is 0.427 e. The van der Waals surface area contributed by atoms with Crippen LogP contribution in [-0.4, -0.2) is 78.2 Å². The highest BCUT2D eigenvalue weighted by Crippen LogP contribution is 2.46. The minimum Gasteiger partial charge on any atom is -0.427 e. The summed E-state index contributed by atoms with van der Waals surface area (Å²) in [4.78, 5) is 51.9. The Kier molecular flexibility index (Phi) is 12.0. The lowest BCUT2D eigenvalue weighted by Gasteiger charge is -2.51. The predicted octanol–water partition coefficient (Wildman–Crippen LogP) is 3.18. The summed E-state index contributed by atoms with van der Waals surface area (Å²) >= 11 is 0. The van der Waals surface area contributed by atoms with Gasteiger partial charge in [0.15, 0.2) is 0 Å². The van der Waals surface area contributed by atoms with Gasteiger partial charge in [0.2, 0.25) is 12.7 Å². The zero-order valence-corrected chi connectivity index (χ0v) is 27.0. The van der Waals surface area contributed by atoms with Crippen LogP contribution in [0.1, 0.15) is 72.9 Å². The third-order valence-electron chi connectivity index (χ3n) is 7.91. The summed E-state index contributed by atoms with van der Waals surface area (Å²) in [6, 6.07) is 5.53. The van der Waals surface area contributed by atoms with Crippen molar-refractivity contribution in [2.75, 3.05) is 26.4 Å². The molecule has 0 aliphatic carbocycles. The van der Waals surface area contributed by atoms with Crippen molar-refractivity contribution in [2.45, 2.75) is 92.0 Å². The number of aryl methyl sites for hydroxylation is 1. The molecule has 0 spiro atoms. The first-order valence-corrected chi connectivity index (χ1v) is 14.7. The molecule has 2 rings (SSSR count). The number of carbonyl (C=O) groups excluding carboxylic acids is 4. The van der Waals surface area contributed by atoms with E-state index in [1.807, 2.05) is 58.9 Å². The molecule has 1 fully saturated rings. The molecule has 3 amide bonds. The number of hydrogen-bond donors (Lipinski definition) is 4. The van der Waals surface area contributed by atoms with Crippen LogP contribution in [0.15, 0.2) is 24.3 Å². The largest absolute Gasteiger partial charge is 0.511 e. The van der Waals surface area contributed by atoms with Gasteiger partial charge in [-0.3, -0.25) is 9.59 Å². The lowest BCUT2D eigenvalue weighted by Crippen LogP contribution is -2.61. The number of ether oxygens (including phenoxy) is 3. The second kappa shape index (κ2) is 14.4. The molecule has 1 heterocycles. The van der Waals surface area contributed by atoms with Gasteiger partial charge in [-0.15, -0.1) is 0 Å². The molecule has 12 heteroatoms. The van der Waals surface area contributed by atoms with E-state index in [-0.39, 0.29) is 24.3 Å². The Morgan fingerprint density at radius 1 is 1.05 bits per heavy atom. The molecule has 43 heavy (non-hydrogen) atoms. The Bertz CT molecular complexity index is 1140. The summed E-state index contributed by atoms with van der Waals surface area (Å²) in [5, 5.41) is 17.1. The van der Waals surface area contributed by atoms with Crippen molar-refractivity contribution in [3.05, 3.63) is 35.4 Å². The highest BCUT2D eigenvalue weighted by molar-refractivity contribution is 5.87. The monoisotopic (exact) mass is 606 g/mol. The van der Waals surface area contributed by atoms with Gasteiger partial charge in [0.05, 0.1) is 12.1 Å². The van der Waals surface area contributed by atoms with Gasteiger partial charge in [0, 0.05) is 18.5 Å². The number of urea groups is 1. The Labute approximate surface area is 255 Å². The Balaban J connectivity index is 1.92. The van der Waals surface area contributed by atoms with E-state index >= 15 is 0 Å². The number of esters is 1. The van der Waals surface area contributed by atoms with E-state index < -0.39 is 53.6 Å². The van der Waals surface area contributed by atoms with Gasteiger partial charge in [-0.25, -0.2) is 9.59 Å². The number of carbonyl (C=O) groups is 4. The molecule has 1 aliphatic rings. The topological polar surface area (TPSA) is 170 Å². The van der Waals surface area contributed by atoms with Crippen LogP contribution >= 0.6 is 0 Å². The number of nitrogens with two attached hydrogens (primary N) is 1. The highest BCUT2D eigenvalue weighted by atomic mass is 16.8. The average molecular weight is 607 g/mol. The molecule has 1 unspecified atom stereocenters. The zero-order valence-electron chi connectivity index (χ0n) is 27.0. The standard InChI is InChI=1S/C31H50N4O8/c1-19(2)23(32)26(37)41-18-42-28(39)43-30(8,9)16-33-27(38)34-24(20(3)4)25(36)35-15-14-31(40,29(6,7)17-35)22-12-10-21(5)11-13-22/h10-13,19-20,23-24,40H,14-18,32H2,1-9H3,(H2,33,34,38)/t23?,24-,31+/m1/s1. The maximum Gasteiger partial charge on any atom is 0.511 e. The van der Waals surface area contributed by atoms with Crippen LogP contribution in [0.25, 0.3) is 0 Å². The molecule has 12 nitrogen and oxygen atoms in total. The van der Waals surface area contributed by atoms with E-state index in [2.05, 4.69) is 10.6 Å². The molecule has 1 aromatic rings. The first-order valence-electron chi connectivity index (χ1n) is 14.7. The first kappa shape index (κ1) is 35.8. The van der Waals surface area contributed by atoms with Crippen molar-refractivity contribution in [3.8, 4) is 0 Å². The Morgan fingerprint density at radius 2 is 1.65 bits per heavy atom. The van der Waals surface area contributed by atoms with Gasteiger partial charge in [0.1, 0.15) is 17.7 Å². The maximum absolute atomic E-state index is 13.6. The molecule has 0 bridgehead atoms. The van der Waals surface area contributed by atoms with Crippen LogP contribution in [-0.2, 0) is 29.4 Å². The molecule has 1 aliphatic heterocycles. The molecule has 5 N–H and O–H groups in total. The molecule has 1 aromatic carbocycles. The van der Waals surface area contributed by atoms with Crippen LogP contribution in [0.2, 0.25) is 0 Å². The molecular formula is C31H50N4O8. The van der Waals surface area contributed by atoms with Crippen LogP contribution in [0.3, 0.4) is 0 Å². The second-order valence-electron chi connectivity index (χ2n) is 13.3. The number of nitrogens with one attached hydrogen (secondary N) is 2. The molecule has 1 saturated heterocycles. The summed E-state index contributed by atoms with van der Waals surface area (Å²) in [7, 11) is 0. The van der Waals surface area contributed by atoms with Crippen molar-refractivity contribution in [2.24, 2.45) is 23.0 Å². The van der Waals surface area contributed by atoms with Gasteiger partial charge < -0.3 is 40.6 Å². The molecule has 0 saturated carbocycles. The van der Waals surface area contributed by atoms with Gasteiger partial charge >= 0.3 is 18.2 Å². The predicted molar refractivity (Wildman–Crippen MR) is 161 cm³/mol. The summed E-state index contributed by atoms with van der Waals surface area (Å²) in [5.41, 5.74) is 4.67. The molecule has 0 radical (unpaired) electrons. The van der Waals surface area contributed by atoms with Crippen molar-refractivity contribution in [1.29, 1.82) is 0 Å². The van der Waals surface area contributed by atoms with Crippen molar-refractivity contribution in [1.82, 2.24) is 15.5 Å². The van der Waals surface area contributed by atoms with Gasteiger partial charge in [-0.2, -0.15) is 0 Å². The lowest BCUT2D eigenvalue weighted by atomic mass is 9.66. The minimum absolute atomic E-state index is 0.0920. The summed E-state index contributed by atoms with van der Waals surface area (Å²) in [6.45, 7) is 16.1. The summed E-state index contributed by atoms with van der Waals surface area (Å²) in [6.07, 6.45) is -0.733. The number of rotatable bonds is 11. The average Bonchev–Trinajstić information content (AvgIpc) is 2.91. The Morgan fingerprint density at radius 3 is 2.19 bits per heavy atom. The molecule has 242 valence electrons. The van der Waals surface area contributed by atoms with Crippen molar-refractivity contribution < 1.29 is 38.5 Å². The number of likely N-dealkylation sites (tertiary alicyclic amines) is 1. The number of benzene rings is 1.